The molecule has 3 amide bonds. The van der Waals surface area contributed by atoms with Gasteiger partial charge in [-0.3, -0.25) is 44.3 Å². The van der Waals surface area contributed by atoms with Gasteiger partial charge in [0.2, 0.25) is 5.82 Å². The zero-order valence-corrected chi connectivity index (χ0v) is 16.6. The Kier molecular flexibility index (Phi) is 6.10. The molecule has 0 fully saturated rings. The molecule has 1 aliphatic heterocycles. The number of nitro groups is 2. The Morgan fingerprint density at radius 3 is 2.39 bits per heavy atom. The minimum Gasteiger partial charge on any atom is -0.451 e. The smallest absolute Gasteiger partial charge is 0.326 e. The fourth-order valence-electron chi connectivity index (χ4n) is 3.00. The zero-order chi connectivity index (χ0) is 24.4. The van der Waals surface area contributed by atoms with Crippen molar-refractivity contribution in [2.24, 2.45) is 0 Å². The van der Waals surface area contributed by atoms with Gasteiger partial charge >= 0.3 is 11.7 Å². The second kappa shape index (κ2) is 8.78. The molecule has 1 N–H and O–H groups in total. The summed E-state index contributed by atoms with van der Waals surface area (Å²) in [4.78, 5) is 69.8. The van der Waals surface area contributed by atoms with Crippen LogP contribution in [-0.4, -0.2) is 51.1 Å². The van der Waals surface area contributed by atoms with E-state index in [1.165, 1.54) is 12.1 Å². The summed E-state index contributed by atoms with van der Waals surface area (Å²) in [5.74, 6) is -5.21. The highest BCUT2D eigenvalue weighted by atomic mass is 19.1. The molecule has 0 bridgehead atoms. The molecule has 0 spiro atoms. The molecule has 2 aromatic carbocycles. The van der Waals surface area contributed by atoms with Crippen LogP contribution >= 0.6 is 0 Å². The number of halogens is 1. The molecule has 1 atom stereocenters. The molecule has 1 aliphatic rings. The van der Waals surface area contributed by atoms with E-state index in [9.17, 15) is 43.8 Å². The van der Waals surface area contributed by atoms with Crippen molar-refractivity contribution in [3.63, 3.8) is 0 Å². The number of hydrogen-bond acceptors (Lipinski definition) is 9. The number of rotatable bonds is 7. The van der Waals surface area contributed by atoms with Crippen molar-refractivity contribution in [2.45, 2.75) is 13.0 Å². The Morgan fingerprint density at radius 2 is 1.76 bits per heavy atom. The van der Waals surface area contributed by atoms with Crippen molar-refractivity contribution in [3.05, 3.63) is 73.6 Å². The zero-order valence-electron chi connectivity index (χ0n) is 16.6. The van der Waals surface area contributed by atoms with Crippen molar-refractivity contribution in [1.29, 1.82) is 0 Å². The van der Waals surface area contributed by atoms with Crippen molar-refractivity contribution in [2.75, 3.05) is 11.9 Å². The van der Waals surface area contributed by atoms with Crippen LogP contribution in [0.2, 0.25) is 0 Å². The van der Waals surface area contributed by atoms with Gasteiger partial charge in [0.25, 0.3) is 23.4 Å². The van der Waals surface area contributed by atoms with E-state index in [0.717, 1.165) is 31.2 Å². The van der Waals surface area contributed by atoms with Gasteiger partial charge in [0.1, 0.15) is 12.1 Å². The molecule has 3 rings (SSSR count). The standard InChI is InChI=1S/C19H13FN4O9/c1-9(17(26)21-10-5-6-12(20)14(7-10)24(31)32)33-15(25)8-22-18(27)11-3-2-4-13(23(29)30)16(11)19(22)28/h2-7,9H,8H2,1H3,(H,21,26). The quantitative estimate of drug-likeness (QED) is 0.279. The van der Waals surface area contributed by atoms with E-state index in [-0.39, 0.29) is 11.3 Å². The largest absolute Gasteiger partial charge is 0.451 e. The number of ether oxygens (including phenoxy) is 1. The first-order valence-corrected chi connectivity index (χ1v) is 9.09. The number of amides is 3. The maximum absolute atomic E-state index is 13.4. The van der Waals surface area contributed by atoms with Gasteiger partial charge in [-0.2, -0.15) is 4.39 Å². The van der Waals surface area contributed by atoms with Crippen LogP contribution in [0.25, 0.3) is 0 Å². The Balaban J connectivity index is 1.66. The SMILES string of the molecule is CC(OC(=O)CN1C(=O)c2cccc([N+](=O)[O-])c2C1=O)C(=O)Nc1ccc(F)c([N+](=O)[O-])c1. The summed E-state index contributed by atoms with van der Waals surface area (Å²) < 4.78 is 18.3. The van der Waals surface area contributed by atoms with Crippen LogP contribution < -0.4 is 5.32 Å². The van der Waals surface area contributed by atoms with Gasteiger partial charge in [-0.25, -0.2) is 0 Å². The number of benzene rings is 2. The molecule has 1 unspecified atom stereocenters. The first-order chi connectivity index (χ1) is 15.5. The lowest BCUT2D eigenvalue weighted by molar-refractivity contribution is -0.387. The van der Waals surface area contributed by atoms with Gasteiger partial charge in [-0.15, -0.1) is 0 Å². The number of hydrogen-bond donors (Lipinski definition) is 1. The lowest BCUT2D eigenvalue weighted by Gasteiger charge is -2.16. The minimum absolute atomic E-state index is 0.136. The number of carbonyl (C=O) groups excluding carboxylic acids is 4. The lowest BCUT2D eigenvalue weighted by Crippen LogP contribution is -2.38. The molecular formula is C19H13FN4O9. The van der Waals surface area contributed by atoms with Crippen LogP contribution in [-0.2, 0) is 14.3 Å². The van der Waals surface area contributed by atoms with Crippen LogP contribution in [0.1, 0.15) is 27.6 Å². The molecule has 0 saturated carbocycles. The highest BCUT2D eigenvalue weighted by Crippen LogP contribution is 2.30. The number of anilines is 1. The van der Waals surface area contributed by atoms with E-state index in [1.54, 1.807) is 0 Å². The third kappa shape index (κ3) is 4.48. The van der Waals surface area contributed by atoms with Crippen LogP contribution in [0.15, 0.2) is 36.4 Å². The number of fused-ring (bicyclic) bond motifs is 1. The van der Waals surface area contributed by atoms with E-state index in [1.807, 2.05) is 0 Å². The molecule has 14 heteroatoms. The van der Waals surface area contributed by atoms with E-state index < -0.39 is 68.9 Å². The van der Waals surface area contributed by atoms with E-state index >= 15 is 0 Å². The molecule has 1 heterocycles. The second-order valence-electron chi connectivity index (χ2n) is 6.70. The van der Waals surface area contributed by atoms with Crippen LogP contribution in [0.3, 0.4) is 0 Å². The van der Waals surface area contributed by atoms with Crippen molar-refractivity contribution >= 4 is 40.8 Å². The topological polar surface area (TPSA) is 179 Å². The third-order valence-electron chi connectivity index (χ3n) is 4.55. The van der Waals surface area contributed by atoms with Crippen LogP contribution in [0.5, 0.6) is 0 Å². The predicted octanol–water partition coefficient (Wildman–Crippen LogP) is 1.81. The van der Waals surface area contributed by atoms with Gasteiger partial charge in [0.15, 0.2) is 6.10 Å². The molecule has 170 valence electrons. The number of nitro benzene ring substituents is 2. The summed E-state index contributed by atoms with van der Waals surface area (Å²) in [5.41, 5.74) is -2.31. The second-order valence-corrected chi connectivity index (χ2v) is 6.70. The number of nitrogens with zero attached hydrogens (tertiary/aromatic N) is 3. The first kappa shape index (κ1) is 22.9. The van der Waals surface area contributed by atoms with Crippen molar-refractivity contribution in [3.8, 4) is 0 Å². The van der Waals surface area contributed by atoms with Crippen molar-refractivity contribution < 1.29 is 38.2 Å². The summed E-state index contributed by atoms with van der Waals surface area (Å²) in [6.45, 7) is 0.238. The highest BCUT2D eigenvalue weighted by molar-refractivity contribution is 6.24. The molecule has 13 nitrogen and oxygen atoms in total. The Hall–Kier alpha value is -4.75. The van der Waals surface area contributed by atoms with Gasteiger partial charge in [0, 0.05) is 17.8 Å². The molecule has 33 heavy (non-hydrogen) atoms. The van der Waals surface area contributed by atoms with E-state index in [2.05, 4.69) is 5.32 Å². The molecular weight excluding hydrogens is 447 g/mol. The Bertz CT molecular complexity index is 1230. The number of nitrogens with one attached hydrogen (secondary N) is 1. The van der Waals surface area contributed by atoms with Gasteiger partial charge in [-0.1, -0.05) is 6.07 Å². The average Bonchev–Trinajstić information content (AvgIpc) is 2.99. The Morgan fingerprint density at radius 1 is 1.09 bits per heavy atom. The fourth-order valence-corrected chi connectivity index (χ4v) is 3.00. The average molecular weight is 460 g/mol. The predicted molar refractivity (Wildman–Crippen MR) is 106 cm³/mol. The summed E-state index contributed by atoms with van der Waals surface area (Å²) in [6.07, 6.45) is -1.47. The maximum atomic E-state index is 13.4. The van der Waals surface area contributed by atoms with Crippen LogP contribution in [0.4, 0.5) is 21.5 Å². The maximum Gasteiger partial charge on any atom is 0.326 e. The number of carbonyl (C=O) groups is 4. The van der Waals surface area contributed by atoms with Crippen LogP contribution in [0, 0.1) is 26.0 Å². The third-order valence-corrected chi connectivity index (χ3v) is 4.55. The number of esters is 1. The number of imide groups is 1. The van der Waals surface area contributed by atoms with Gasteiger partial charge < -0.3 is 10.1 Å². The molecule has 0 saturated heterocycles. The van der Waals surface area contributed by atoms with Gasteiger partial charge in [-0.05, 0) is 25.1 Å². The minimum atomic E-state index is -1.47. The molecule has 0 aliphatic carbocycles. The summed E-state index contributed by atoms with van der Waals surface area (Å²) in [5, 5.41) is 24.1. The highest BCUT2D eigenvalue weighted by Gasteiger charge is 2.42. The summed E-state index contributed by atoms with van der Waals surface area (Å²) in [6, 6.07) is 6.06. The fraction of sp³-hybridized carbons (Fsp3) is 0.158. The monoisotopic (exact) mass is 460 g/mol. The first-order valence-electron chi connectivity index (χ1n) is 9.09. The molecule has 2 aromatic rings. The molecule has 0 radical (unpaired) electrons. The normalized spacial score (nSPS) is 13.3. The molecule has 0 aromatic heterocycles. The summed E-state index contributed by atoms with van der Waals surface area (Å²) in [7, 11) is 0. The van der Waals surface area contributed by atoms with Gasteiger partial charge in [0.05, 0.1) is 15.4 Å². The van der Waals surface area contributed by atoms with E-state index in [0.29, 0.717) is 4.90 Å². The Labute approximate surface area is 183 Å². The lowest BCUT2D eigenvalue weighted by atomic mass is 10.1. The van der Waals surface area contributed by atoms with E-state index in [4.69, 9.17) is 4.74 Å². The van der Waals surface area contributed by atoms with Crippen molar-refractivity contribution in [1.82, 2.24) is 4.90 Å². The summed E-state index contributed by atoms with van der Waals surface area (Å²) >= 11 is 0.